The summed E-state index contributed by atoms with van der Waals surface area (Å²) in [7, 11) is -3.66. The van der Waals surface area contributed by atoms with Crippen LogP contribution in [0.1, 0.15) is 55.1 Å². The minimum atomic E-state index is -3.66. The molecule has 0 bridgehead atoms. The van der Waals surface area contributed by atoms with E-state index < -0.39 is 16.0 Å². The van der Waals surface area contributed by atoms with E-state index in [-0.39, 0.29) is 29.4 Å². The Kier molecular flexibility index (Phi) is 7.36. The van der Waals surface area contributed by atoms with E-state index in [2.05, 4.69) is 25.5 Å². The van der Waals surface area contributed by atoms with Crippen molar-refractivity contribution in [3.63, 3.8) is 0 Å². The Labute approximate surface area is 189 Å². The molecule has 2 aromatic rings. The molecule has 1 aliphatic rings. The molecule has 0 spiro atoms. The van der Waals surface area contributed by atoms with E-state index in [0.717, 1.165) is 18.4 Å². The Hall–Kier alpha value is -2.71. The summed E-state index contributed by atoms with van der Waals surface area (Å²) in [6.45, 7) is 7.45. The maximum Gasteiger partial charge on any atom is 0.338 e. The van der Waals surface area contributed by atoms with E-state index in [0.29, 0.717) is 24.2 Å². The first-order valence-electron chi connectivity index (χ1n) is 10.7. The van der Waals surface area contributed by atoms with Crippen molar-refractivity contribution in [2.24, 2.45) is 0 Å². The molecule has 8 heteroatoms. The minimum absolute atomic E-state index is 0.0555. The van der Waals surface area contributed by atoms with E-state index >= 15 is 0 Å². The molecule has 1 saturated heterocycles. The maximum atomic E-state index is 12.6. The zero-order valence-corrected chi connectivity index (χ0v) is 19.6. The number of esters is 1. The minimum Gasteiger partial charge on any atom is -0.452 e. The average Bonchev–Trinajstić information content (AvgIpc) is 3.31. The molecule has 7 nitrogen and oxygen atoms in total. The molecule has 0 radical (unpaired) electrons. The third-order valence-electron chi connectivity index (χ3n) is 5.47. The first-order valence-corrected chi connectivity index (χ1v) is 12.2. The summed E-state index contributed by atoms with van der Waals surface area (Å²) >= 11 is 0. The number of nitrogens with zero attached hydrogens (tertiary/aromatic N) is 1. The van der Waals surface area contributed by atoms with Crippen LogP contribution in [0.5, 0.6) is 0 Å². The lowest BCUT2D eigenvalue weighted by molar-refractivity contribution is -0.133. The molecule has 172 valence electrons. The second-order valence-corrected chi connectivity index (χ2v) is 10.7. The first-order chi connectivity index (χ1) is 15.1. The number of benzene rings is 2. The van der Waals surface area contributed by atoms with Crippen molar-refractivity contribution in [3.8, 4) is 0 Å². The van der Waals surface area contributed by atoms with E-state index in [1.54, 1.807) is 41.3 Å². The molecule has 1 aliphatic heterocycles. The number of likely N-dealkylation sites (tertiary alicyclic amines) is 1. The number of nitrogens with one attached hydrogen (secondary N) is 1. The van der Waals surface area contributed by atoms with E-state index in [1.807, 2.05) is 12.1 Å². The Morgan fingerprint density at radius 2 is 1.56 bits per heavy atom. The van der Waals surface area contributed by atoms with Crippen LogP contribution in [0.3, 0.4) is 0 Å². The summed E-state index contributed by atoms with van der Waals surface area (Å²) in [6, 6.07) is 13.3. The van der Waals surface area contributed by atoms with Gasteiger partial charge in [0, 0.05) is 19.6 Å². The molecule has 0 atom stereocenters. The van der Waals surface area contributed by atoms with Crippen LogP contribution in [0.2, 0.25) is 0 Å². The number of amides is 1. The van der Waals surface area contributed by atoms with Gasteiger partial charge in [-0.05, 0) is 53.6 Å². The molecule has 1 fully saturated rings. The van der Waals surface area contributed by atoms with Crippen molar-refractivity contribution in [2.45, 2.75) is 50.5 Å². The van der Waals surface area contributed by atoms with Gasteiger partial charge in [0.1, 0.15) is 0 Å². The highest BCUT2D eigenvalue weighted by Crippen LogP contribution is 2.23. The molecule has 1 N–H and O–H groups in total. The fourth-order valence-electron chi connectivity index (χ4n) is 3.42. The Bertz CT molecular complexity index is 1050. The molecule has 0 saturated carbocycles. The average molecular weight is 459 g/mol. The predicted molar refractivity (Wildman–Crippen MR) is 122 cm³/mol. The highest BCUT2D eigenvalue weighted by molar-refractivity contribution is 7.89. The van der Waals surface area contributed by atoms with Gasteiger partial charge in [0.15, 0.2) is 6.61 Å². The van der Waals surface area contributed by atoms with E-state index in [9.17, 15) is 18.0 Å². The van der Waals surface area contributed by atoms with Gasteiger partial charge < -0.3 is 9.64 Å². The molecule has 3 rings (SSSR count). The normalized spacial score (nSPS) is 14.4. The number of carbonyl (C=O) groups excluding carboxylic acids is 2. The summed E-state index contributed by atoms with van der Waals surface area (Å²) in [5.41, 5.74) is 2.01. The van der Waals surface area contributed by atoms with Gasteiger partial charge in [0.05, 0.1) is 10.5 Å². The smallest absolute Gasteiger partial charge is 0.338 e. The van der Waals surface area contributed by atoms with Crippen molar-refractivity contribution in [3.05, 3.63) is 65.2 Å². The number of hydrogen-bond donors (Lipinski definition) is 1. The van der Waals surface area contributed by atoms with Gasteiger partial charge in [-0.3, -0.25) is 4.79 Å². The lowest BCUT2D eigenvalue weighted by atomic mass is 9.87. The van der Waals surface area contributed by atoms with Crippen molar-refractivity contribution in [1.82, 2.24) is 9.62 Å². The van der Waals surface area contributed by atoms with Gasteiger partial charge >= 0.3 is 5.97 Å². The second kappa shape index (κ2) is 9.83. The Morgan fingerprint density at radius 3 is 2.12 bits per heavy atom. The topological polar surface area (TPSA) is 92.8 Å². The van der Waals surface area contributed by atoms with Gasteiger partial charge in [0.2, 0.25) is 10.0 Å². The summed E-state index contributed by atoms with van der Waals surface area (Å²) in [6.07, 6.45) is 1.96. The molecule has 2 aromatic carbocycles. The zero-order chi connectivity index (χ0) is 23.4. The number of ether oxygens (including phenoxy) is 1. The van der Waals surface area contributed by atoms with Crippen molar-refractivity contribution in [1.29, 1.82) is 0 Å². The number of sulfonamides is 1. The van der Waals surface area contributed by atoms with Gasteiger partial charge in [-0.15, -0.1) is 0 Å². The van der Waals surface area contributed by atoms with Gasteiger partial charge in [-0.25, -0.2) is 17.9 Å². The van der Waals surface area contributed by atoms with Crippen LogP contribution in [0.4, 0.5) is 0 Å². The molecule has 0 aliphatic carbocycles. The van der Waals surface area contributed by atoms with Crippen LogP contribution >= 0.6 is 0 Å². The molecule has 0 aromatic heterocycles. The van der Waals surface area contributed by atoms with E-state index in [4.69, 9.17) is 4.74 Å². The molecule has 32 heavy (non-hydrogen) atoms. The van der Waals surface area contributed by atoms with Crippen LogP contribution in [-0.2, 0) is 31.5 Å². The van der Waals surface area contributed by atoms with Gasteiger partial charge in [0.25, 0.3) is 5.91 Å². The fourth-order valence-corrected chi connectivity index (χ4v) is 4.44. The lowest BCUT2D eigenvalue weighted by Crippen LogP contribution is -2.32. The van der Waals surface area contributed by atoms with Crippen LogP contribution < -0.4 is 4.72 Å². The molecular weight excluding hydrogens is 428 g/mol. The maximum absolute atomic E-state index is 12.6. The Balaban J connectivity index is 1.53. The molecule has 0 unspecified atom stereocenters. The Morgan fingerprint density at radius 1 is 0.969 bits per heavy atom. The summed E-state index contributed by atoms with van der Waals surface area (Å²) in [5.74, 6) is -0.763. The monoisotopic (exact) mass is 458 g/mol. The summed E-state index contributed by atoms with van der Waals surface area (Å²) < 4.78 is 32.8. The van der Waals surface area contributed by atoms with Crippen molar-refractivity contribution in [2.75, 3.05) is 19.7 Å². The summed E-state index contributed by atoms with van der Waals surface area (Å²) in [4.78, 5) is 26.0. The highest BCUT2D eigenvalue weighted by Gasteiger charge is 2.20. The predicted octanol–water partition coefficient (Wildman–Crippen LogP) is 3.24. The van der Waals surface area contributed by atoms with E-state index in [1.165, 1.54) is 0 Å². The SMILES string of the molecule is CC(C)(C)c1ccc(S(=O)(=O)NCc2ccc(C(=O)OCC(=O)N3CCCC3)cc2)cc1. The number of hydrogen-bond acceptors (Lipinski definition) is 5. The first kappa shape index (κ1) is 23.9. The molecular formula is C24H30N2O5S. The van der Waals surface area contributed by atoms with Crippen LogP contribution in [0, 0.1) is 0 Å². The second-order valence-electron chi connectivity index (χ2n) is 8.96. The lowest BCUT2D eigenvalue weighted by Gasteiger charge is -2.19. The van der Waals surface area contributed by atoms with Crippen LogP contribution in [0.15, 0.2) is 53.4 Å². The quantitative estimate of drug-likeness (QED) is 0.643. The van der Waals surface area contributed by atoms with Crippen molar-refractivity contribution >= 4 is 21.9 Å². The molecule has 1 amide bonds. The zero-order valence-electron chi connectivity index (χ0n) is 18.8. The molecule has 1 heterocycles. The standard InChI is InChI=1S/C24H30N2O5S/c1-24(2,3)20-10-12-21(13-11-20)32(29,30)25-16-18-6-8-19(9-7-18)23(28)31-17-22(27)26-14-4-5-15-26/h6-13,25H,4-5,14-17H2,1-3H3. The van der Waals surface area contributed by atoms with Crippen molar-refractivity contribution < 1.29 is 22.7 Å². The highest BCUT2D eigenvalue weighted by atomic mass is 32.2. The largest absolute Gasteiger partial charge is 0.452 e. The number of carbonyl (C=O) groups is 2. The van der Waals surface area contributed by atoms with Gasteiger partial charge in [-0.2, -0.15) is 0 Å². The third kappa shape index (κ3) is 6.17. The van der Waals surface area contributed by atoms with Crippen LogP contribution in [-0.4, -0.2) is 44.9 Å². The fraction of sp³-hybridized carbons (Fsp3) is 0.417. The van der Waals surface area contributed by atoms with Gasteiger partial charge in [-0.1, -0.05) is 45.0 Å². The third-order valence-corrected chi connectivity index (χ3v) is 6.89. The van der Waals surface area contributed by atoms with Crippen LogP contribution in [0.25, 0.3) is 0 Å². The summed E-state index contributed by atoms with van der Waals surface area (Å²) in [5, 5.41) is 0. The number of rotatable bonds is 7.